The highest BCUT2D eigenvalue weighted by molar-refractivity contribution is 7.89. The van der Waals surface area contributed by atoms with E-state index < -0.39 is 15.8 Å². The molecule has 112 valence electrons. The van der Waals surface area contributed by atoms with Gasteiger partial charge < -0.3 is 10.5 Å². The number of rotatable bonds is 4. The minimum atomic E-state index is -3.58. The van der Waals surface area contributed by atoms with E-state index in [1.807, 2.05) is 0 Å². The van der Waals surface area contributed by atoms with Gasteiger partial charge in [-0.25, -0.2) is 17.5 Å². The Bertz CT molecular complexity index is 776. The SMILES string of the molecule is CNS(=O)(=O)c1ccc(Oc2cc(C)ccc2F)c(N)c1. The minimum Gasteiger partial charge on any atom is -0.452 e. The molecule has 0 amide bonds. The van der Waals surface area contributed by atoms with Crippen molar-refractivity contribution in [1.82, 2.24) is 4.72 Å². The van der Waals surface area contributed by atoms with Crippen molar-refractivity contribution in [2.75, 3.05) is 12.8 Å². The number of nitrogen functional groups attached to an aromatic ring is 1. The Kier molecular flexibility index (Phi) is 4.15. The molecule has 0 aromatic heterocycles. The van der Waals surface area contributed by atoms with Gasteiger partial charge in [0.1, 0.15) is 0 Å². The van der Waals surface area contributed by atoms with Crippen LogP contribution in [0.4, 0.5) is 10.1 Å². The summed E-state index contributed by atoms with van der Waals surface area (Å²) in [6, 6.07) is 8.43. The number of aryl methyl sites for hydroxylation is 1. The Morgan fingerprint density at radius 2 is 1.86 bits per heavy atom. The fourth-order valence-corrected chi connectivity index (χ4v) is 2.48. The molecule has 0 aliphatic rings. The number of hydrogen-bond acceptors (Lipinski definition) is 4. The molecule has 0 unspecified atom stereocenters. The maximum atomic E-state index is 13.6. The second-order valence-electron chi connectivity index (χ2n) is 4.44. The van der Waals surface area contributed by atoms with Crippen LogP contribution in [0.2, 0.25) is 0 Å². The summed E-state index contributed by atoms with van der Waals surface area (Å²) < 4.78 is 44.5. The van der Waals surface area contributed by atoms with Gasteiger partial charge in [0.05, 0.1) is 10.6 Å². The smallest absolute Gasteiger partial charge is 0.240 e. The molecule has 0 heterocycles. The highest BCUT2D eigenvalue weighted by atomic mass is 32.2. The highest BCUT2D eigenvalue weighted by Crippen LogP contribution is 2.31. The third-order valence-electron chi connectivity index (χ3n) is 2.87. The topological polar surface area (TPSA) is 81.4 Å². The number of nitrogens with two attached hydrogens (primary N) is 1. The van der Waals surface area contributed by atoms with Crippen molar-refractivity contribution in [3.8, 4) is 11.5 Å². The molecule has 0 aliphatic carbocycles. The predicted molar refractivity (Wildman–Crippen MR) is 78.3 cm³/mol. The van der Waals surface area contributed by atoms with Crippen molar-refractivity contribution in [3.63, 3.8) is 0 Å². The molecule has 0 radical (unpaired) electrons. The Hall–Kier alpha value is -2.12. The maximum absolute atomic E-state index is 13.6. The molecule has 0 aliphatic heterocycles. The van der Waals surface area contributed by atoms with Crippen LogP contribution in [-0.4, -0.2) is 15.5 Å². The van der Waals surface area contributed by atoms with Crippen LogP contribution in [0.15, 0.2) is 41.3 Å². The first-order valence-electron chi connectivity index (χ1n) is 6.10. The average molecular weight is 310 g/mol. The first-order chi connectivity index (χ1) is 9.83. The van der Waals surface area contributed by atoms with Crippen molar-refractivity contribution in [1.29, 1.82) is 0 Å². The fraction of sp³-hybridized carbons (Fsp3) is 0.143. The average Bonchev–Trinajstić information content (AvgIpc) is 2.44. The van der Waals surface area contributed by atoms with Crippen LogP contribution >= 0.6 is 0 Å². The number of halogens is 1. The molecule has 3 N–H and O–H groups in total. The van der Waals surface area contributed by atoms with E-state index in [0.29, 0.717) is 0 Å². The van der Waals surface area contributed by atoms with Crippen LogP contribution in [0.25, 0.3) is 0 Å². The van der Waals surface area contributed by atoms with Gasteiger partial charge in [-0.1, -0.05) is 6.07 Å². The summed E-state index contributed by atoms with van der Waals surface area (Å²) in [6.45, 7) is 1.80. The number of ether oxygens (including phenoxy) is 1. The zero-order valence-corrected chi connectivity index (χ0v) is 12.4. The van der Waals surface area contributed by atoms with Crippen molar-refractivity contribution < 1.29 is 17.5 Å². The van der Waals surface area contributed by atoms with Gasteiger partial charge in [0, 0.05) is 0 Å². The van der Waals surface area contributed by atoms with Gasteiger partial charge in [-0.2, -0.15) is 0 Å². The summed E-state index contributed by atoms with van der Waals surface area (Å²) >= 11 is 0. The van der Waals surface area contributed by atoms with Crippen molar-refractivity contribution in [2.24, 2.45) is 0 Å². The third-order valence-corrected chi connectivity index (χ3v) is 4.28. The zero-order chi connectivity index (χ0) is 15.6. The van der Waals surface area contributed by atoms with Crippen LogP contribution in [0, 0.1) is 12.7 Å². The monoisotopic (exact) mass is 310 g/mol. The summed E-state index contributed by atoms with van der Waals surface area (Å²) in [5.74, 6) is -0.299. The molecule has 0 atom stereocenters. The fourth-order valence-electron chi connectivity index (χ4n) is 1.71. The van der Waals surface area contributed by atoms with Gasteiger partial charge >= 0.3 is 0 Å². The van der Waals surface area contributed by atoms with Crippen LogP contribution < -0.4 is 15.2 Å². The quantitative estimate of drug-likeness (QED) is 0.850. The van der Waals surface area contributed by atoms with Gasteiger partial charge in [-0.15, -0.1) is 0 Å². The number of nitrogens with one attached hydrogen (secondary N) is 1. The molecule has 2 aromatic rings. The summed E-state index contributed by atoms with van der Waals surface area (Å²) in [4.78, 5) is 0.0135. The Morgan fingerprint density at radius 3 is 2.48 bits per heavy atom. The Morgan fingerprint density at radius 1 is 1.14 bits per heavy atom. The van der Waals surface area contributed by atoms with E-state index >= 15 is 0 Å². The number of anilines is 1. The standard InChI is InChI=1S/C14H15FN2O3S/c1-9-3-5-11(15)14(7-9)20-13-6-4-10(8-12(13)16)21(18,19)17-2/h3-8,17H,16H2,1-2H3. The van der Waals surface area contributed by atoms with Crippen LogP contribution in [0.5, 0.6) is 11.5 Å². The van der Waals surface area contributed by atoms with E-state index in [-0.39, 0.29) is 22.1 Å². The first kappa shape index (κ1) is 15.3. The van der Waals surface area contributed by atoms with E-state index in [1.165, 1.54) is 37.4 Å². The summed E-state index contributed by atoms with van der Waals surface area (Å²) in [6.07, 6.45) is 0. The normalized spacial score (nSPS) is 11.4. The number of sulfonamides is 1. The van der Waals surface area contributed by atoms with Crippen LogP contribution in [0.1, 0.15) is 5.56 Å². The molecule has 2 rings (SSSR count). The lowest BCUT2D eigenvalue weighted by molar-refractivity contribution is 0.443. The molecule has 2 aromatic carbocycles. The molecule has 21 heavy (non-hydrogen) atoms. The Balaban J connectivity index is 2.36. The predicted octanol–water partition coefficient (Wildman–Crippen LogP) is 2.42. The minimum absolute atomic E-state index is 0.0135. The lowest BCUT2D eigenvalue weighted by atomic mass is 10.2. The van der Waals surface area contributed by atoms with Crippen molar-refractivity contribution >= 4 is 15.7 Å². The summed E-state index contributed by atoms with van der Waals surface area (Å²) in [7, 11) is -2.28. The highest BCUT2D eigenvalue weighted by Gasteiger charge is 2.14. The van der Waals surface area contributed by atoms with Gasteiger partial charge in [-0.3, -0.25) is 0 Å². The van der Waals surface area contributed by atoms with Crippen LogP contribution in [0.3, 0.4) is 0 Å². The van der Waals surface area contributed by atoms with E-state index in [0.717, 1.165) is 5.56 Å². The van der Waals surface area contributed by atoms with Crippen molar-refractivity contribution in [2.45, 2.75) is 11.8 Å². The van der Waals surface area contributed by atoms with Gasteiger partial charge in [0.2, 0.25) is 10.0 Å². The molecule has 0 fully saturated rings. The van der Waals surface area contributed by atoms with E-state index in [2.05, 4.69) is 4.72 Å². The van der Waals surface area contributed by atoms with Gasteiger partial charge in [0.15, 0.2) is 17.3 Å². The van der Waals surface area contributed by atoms with E-state index in [9.17, 15) is 12.8 Å². The molecule has 0 saturated carbocycles. The molecule has 0 saturated heterocycles. The lowest BCUT2D eigenvalue weighted by Crippen LogP contribution is -2.18. The largest absolute Gasteiger partial charge is 0.452 e. The van der Waals surface area contributed by atoms with Crippen molar-refractivity contribution in [3.05, 3.63) is 47.8 Å². The van der Waals surface area contributed by atoms with Gasteiger partial charge in [-0.05, 0) is 49.9 Å². The summed E-state index contributed by atoms with van der Waals surface area (Å²) in [5.41, 5.74) is 6.71. The maximum Gasteiger partial charge on any atom is 0.240 e. The van der Waals surface area contributed by atoms with E-state index in [1.54, 1.807) is 13.0 Å². The van der Waals surface area contributed by atoms with Crippen LogP contribution in [-0.2, 0) is 10.0 Å². The molecule has 0 bridgehead atoms. The zero-order valence-electron chi connectivity index (χ0n) is 11.6. The Labute approximate surface area is 122 Å². The molecule has 0 spiro atoms. The van der Waals surface area contributed by atoms with E-state index in [4.69, 9.17) is 10.5 Å². The number of benzene rings is 2. The lowest BCUT2D eigenvalue weighted by Gasteiger charge is -2.11. The summed E-state index contributed by atoms with van der Waals surface area (Å²) in [5, 5.41) is 0. The first-order valence-corrected chi connectivity index (χ1v) is 7.59. The van der Waals surface area contributed by atoms with Gasteiger partial charge in [0.25, 0.3) is 0 Å². The molecule has 5 nitrogen and oxygen atoms in total. The second-order valence-corrected chi connectivity index (χ2v) is 6.33. The second kappa shape index (κ2) is 5.71. The third kappa shape index (κ3) is 3.32. The molecular weight excluding hydrogens is 295 g/mol. The number of hydrogen-bond donors (Lipinski definition) is 2. The molecular formula is C14H15FN2O3S. The molecule has 7 heteroatoms.